The summed E-state index contributed by atoms with van der Waals surface area (Å²) in [4.78, 5) is 4.91. The summed E-state index contributed by atoms with van der Waals surface area (Å²) in [5, 5.41) is 8.58. The van der Waals surface area contributed by atoms with Gasteiger partial charge < -0.3 is 9.80 Å². The molecule has 0 saturated carbocycles. The predicted octanol–water partition coefficient (Wildman–Crippen LogP) is 2.30. The van der Waals surface area contributed by atoms with E-state index in [1.807, 2.05) is 12.1 Å². The Morgan fingerprint density at radius 3 is 2.78 bits per heavy atom. The molecule has 3 rings (SSSR count). The van der Waals surface area contributed by atoms with Gasteiger partial charge in [-0.3, -0.25) is 0 Å². The van der Waals surface area contributed by atoms with E-state index in [1.165, 1.54) is 25.9 Å². The number of hydrogen-bond donors (Lipinski definition) is 0. The minimum atomic E-state index is 0. The second kappa shape index (κ2) is 5.85. The molecule has 0 aromatic carbocycles. The van der Waals surface area contributed by atoms with Gasteiger partial charge >= 0.3 is 0 Å². The van der Waals surface area contributed by atoms with Crippen molar-refractivity contribution in [2.24, 2.45) is 5.92 Å². The van der Waals surface area contributed by atoms with Crippen LogP contribution in [0.2, 0.25) is 5.15 Å². The second-order valence-corrected chi connectivity index (χ2v) is 5.36. The number of anilines is 1. The summed E-state index contributed by atoms with van der Waals surface area (Å²) in [6, 6.07) is 3.79. The Morgan fingerprint density at radius 2 is 2.00 bits per heavy atom. The van der Waals surface area contributed by atoms with Crippen LogP contribution in [0.1, 0.15) is 20.3 Å². The summed E-state index contributed by atoms with van der Waals surface area (Å²) in [6.45, 7) is 5.80. The molecule has 2 saturated heterocycles. The minimum Gasteiger partial charge on any atom is -0.354 e. The van der Waals surface area contributed by atoms with Crippen LogP contribution >= 0.6 is 11.6 Å². The van der Waals surface area contributed by atoms with Crippen LogP contribution in [0.4, 0.5) is 5.82 Å². The van der Waals surface area contributed by atoms with Gasteiger partial charge in [0.15, 0.2) is 11.0 Å². The van der Waals surface area contributed by atoms with E-state index in [0.717, 1.165) is 31.4 Å². The maximum atomic E-state index is 5.77. The van der Waals surface area contributed by atoms with Crippen LogP contribution in [0.5, 0.6) is 0 Å². The summed E-state index contributed by atoms with van der Waals surface area (Å²) >= 11 is 5.77. The fraction of sp³-hybridized carbons (Fsp3) is 0.692. The van der Waals surface area contributed by atoms with E-state index in [2.05, 4.69) is 20.0 Å². The zero-order valence-electron chi connectivity index (χ0n) is 9.85. The highest BCUT2D eigenvalue weighted by Crippen LogP contribution is 2.23. The Hall–Kier alpha value is -0.870. The van der Waals surface area contributed by atoms with Gasteiger partial charge in [-0.2, -0.15) is 0 Å². The Bertz CT molecular complexity index is 381. The first-order valence-electron chi connectivity index (χ1n) is 6.28. The number of nitrogens with zero attached hydrogens (tertiary/aromatic N) is 4. The van der Waals surface area contributed by atoms with E-state index in [-0.39, 0.29) is 7.43 Å². The average molecular weight is 269 g/mol. The van der Waals surface area contributed by atoms with Gasteiger partial charge in [-0.25, -0.2) is 0 Å². The van der Waals surface area contributed by atoms with Gasteiger partial charge in [0.1, 0.15) is 0 Å². The molecule has 0 amide bonds. The molecule has 0 aliphatic carbocycles. The number of piperidine rings is 1. The molecule has 0 N–H and O–H groups in total. The quantitative estimate of drug-likeness (QED) is 0.782. The number of rotatable bonds is 1. The monoisotopic (exact) mass is 268 g/mol. The van der Waals surface area contributed by atoms with Gasteiger partial charge in [0, 0.05) is 26.2 Å². The van der Waals surface area contributed by atoms with Gasteiger partial charge in [0.05, 0.1) is 0 Å². The van der Waals surface area contributed by atoms with Crippen molar-refractivity contribution in [1.82, 2.24) is 15.1 Å². The van der Waals surface area contributed by atoms with Gasteiger partial charge in [-0.1, -0.05) is 19.0 Å². The lowest BCUT2D eigenvalue weighted by Crippen LogP contribution is -2.35. The Labute approximate surface area is 114 Å². The average Bonchev–Trinajstić information content (AvgIpc) is 2.49. The second-order valence-electron chi connectivity index (χ2n) is 4.97. The molecule has 3 heterocycles. The maximum absolute atomic E-state index is 5.77. The number of aromatic nitrogens is 2. The van der Waals surface area contributed by atoms with Crippen LogP contribution in [0.3, 0.4) is 0 Å². The van der Waals surface area contributed by atoms with Crippen molar-refractivity contribution >= 4 is 17.4 Å². The zero-order valence-corrected chi connectivity index (χ0v) is 10.6. The predicted molar refractivity (Wildman–Crippen MR) is 75.2 cm³/mol. The SMILES string of the molecule is C.Clc1ccc(N2CCN3CCCC(C3)C2)nn1. The lowest BCUT2D eigenvalue weighted by atomic mass is 9.98. The van der Waals surface area contributed by atoms with Gasteiger partial charge in [-0.15, -0.1) is 10.2 Å². The van der Waals surface area contributed by atoms with Gasteiger partial charge in [-0.05, 0) is 37.4 Å². The largest absolute Gasteiger partial charge is 0.354 e. The van der Waals surface area contributed by atoms with Crippen LogP contribution in [0.25, 0.3) is 0 Å². The summed E-state index contributed by atoms with van der Waals surface area (Å²) in [5.41, 5.74) is 0. The molecule has 2 atom stereocenters. The van der Waals surface area contributed by atoms with Crippen molar-refractivity contribution in [3.8, 4) is 0 Å². The van der Waals surface area contributed by atoms with Crippen molar-refractivity contribution in [2.45, 2.75) is 20.3 Å². The standard InChI is InChI=1S/C12H17ClN4.CH4/c13-11-3-4-12(15-14-11)17-7-6-16-5-1-2-10(8-16)9-17;/h3-4,10H,1-2,5-9H2;1H4. The third-order valence-corrected chi connectivity index (χ3v) is 3.91. The molecule has 1 aromatic rings. The lowest BCUT2D eigenvalue weighted by Gasteiger charge is -2.29. The molecular formula is C13H21ClN4. The molecule has 1 aromatic heterocycles. The molecule has 2 aliphatic rings. The normalized spacial score (nSPS) is 27.3. The molecule has 18 heavy (non-hydrogen) atoms. The highest BCUT2D eigenvalue weighted by atomic mass is 35.5. The van der Waals surface area contributed by atoms with E-state index in [1.54, 1.807) is 0 Å². The van der Waals surface area contributed by atoms with Gasteiger partial charge in [0.25, 0.3) is 0 Å². The Morgan fingerprint density at radius 1 is 1.11 bits per heavy atom. The lowest BCUT2D eigenvalue weighted by molar-refractivity contribution is 0.201. The van der Waals surface area contributed by atoms with Crippen molar-refractivity contribution < 1.29 is 0 Å². The fourth-order valence-corrected chi connectivity index (χ4v) is 2.95. The highest BCUT2D eigenvalue weighted by molar-refractivity contribution is 6.29. The van der Waals surface area contributed by atoms with E-state index < -0.39 is 0 Å². The third kappa shape index (κ3) is 2.93. The van der Waals surface area contributed by atoms with E-state index >= 15 is 0 Å². The molecule has 0 radical (unpaired) electrons. The fourth-order valence-electron chi connectivity index (χ4n) is 2.85. The number of hydrogen-bond acceptors (Lipinski definition) is 4. The first-order chi connectivity index (χ1) is 8.31. The van der Waals surface area contributed by atoms with Crippen LogP contribution in [-0.2, 0) is 0 Å². The van der Waals surface area contributed by atoms with Crippen LogP contribution < -0.4 is 4.90 Å². The molecular weight excluding hydrogens is 248 g/mol. The third-order valence-electron chi connectivity index (χ3n) is 3.71. The van der Waals surface area contributed by atoms with Crippen molar-refractivity contribution in [1.29, 1.82) is 0 Å². The van der Waals surface area contributed by atoms with Gasteiger partial charge in [0.2, 0.25) is 0 Å². The smallest absolute Gasteiger partial charge is 0.151 e. The number of fused-ring (bicyclic) bond motifs is 2. The molecule has 0 spiro atoms. The molecule has 2 bridgehead atoms. The van der Waals surface area contributed by atoms with E-state index in [9.17, 15) is 0 Å². The van der Waals surface area contributed by atoms with E-state index in [0.29, 0.717) is 5.15 Å². The summed E-state index contributed by atoms with van der Waals surface area (Å²) < 4.78 is 0. The zero-order chi connectivity index (χ0) is 11.7. The molecule has 100 valence electrons. The molecule has 2 unspecified atom stereocenters. The van der Waals surface area contributed by atoms with Crippen LogP contribution in [-0.4, -0.2) is 47.8 Å². The maximum Gasteiger partial charge on any atom is 0.151 e. The van der Waals surface area contributed by atoms with Crippen LogP contribution in [0, 0.1) is 5.92 Å². The molecule has 2 fully saturated rings. The highest BCUT2D eigenvalue weighted by Gasteiger charge is 2.26. The molecule has 4 nitrogen and oxygen atoms in total. The van der Waals surface area contributed by atoms with E-state index in [4.69, 9.17) is 11.6 Å². The minimum absolute atomic E-state index is 0. The summed E-state index contributed by atoms with van der Waals surface area (Å²) in [7, 11) is 0. The first kappa shape index (κ1) is 13.6. The summed E-state index contributed by atoms with van der Waals surface area (Å²) in [6.07, 6.45) is 2.68. The van der Waals surface area contributed by atoms with Crippen LogP contribution in [0.15, 0.2) is 12.1 Å². The topological polar surface area (TPSA) is 32.3 Å². The number of halogens is 1. The Kier molecular flexibility index (Phi) is 4.40. The molecule has 5 heteroatoms. The molecule has 2 aliphatic heterocycles. The Balaban J connectivity index is 0.00000120. The first-order valence-corrected chi connectivity index (χ1v) is 6.65. The summed E-state index contributed by atoms with van der Waals surface area (Å²) in [5.74, 6) is 1.74. The van der Waals surface area contributed by atoms with Crippen molar-refractivity contribution in [3.63, 3.8) is 0 Å². The van der Waals surface area contributed by atoms with Crippen molar-refractivity contribution in [2.75, 3.05) is 37.6 Å². The van der Waals surface area contributed by atoms with Crippen molar-refractivity contribution in [3.05, 3.63) is 17.3 Å².